The summed E-state index contributed by atoms with van der Waals surface area (Å²) in [6.45, 7) is 4.22. The highest BCUT2D eigenvalue weighted by Gasteiger charge is 2.32. The summed E-state index contributed by atoms with van der Waals surface area (Å²) in [6.07, 6.45) is 1.49. The highest BCUT2D eigenvalue weighted by atomic mass is 35.5. The van der Waals surface area contributed by atoms with Crippen LogP contribution < -0.4 is 5.73 Å². The van der Waals surface area contributed by atoms with Crippen molar-refractivity contribution in [2.24, 2.45) is 5.73 Å². The van der Waals surface area contributed by atoms with Crippen LogP contribution in [0.2, 0.25) is 5.02 Å². The topological polar surface area (TPSA) is 29.3 Å². The second-order valence-corrected chi connectivity index (χ2v) is 5.56. The van der Waals surface area contributed by atoms with E-state index in [1.807, 2.05) is 14.1 Å². The fourth-order valence-corrected chi connectivity index (χ4v) is 2.26. The maximum Gasteiger partial charge on any atom is 0.123 e. The van der Waals surface area contributed by atoms with E-state index in [4.69, 9.17) is 17.3 Å². The van der Waals surface area contributed by atoms with E-state index >= 15 is 0 Å². The van der Waals surface area contributed by atoms with E-state index in [1.165, 1.54) is 12.1 Å². The van der Waals surface area contributed by atoms with Crippen LogP contribution in [-0.2, 0) is 6.42 Å². The van der Waals surface area contributed by atoms with Crippen LogP contribution in [0.5, 0.6) is 0 Å². The molecule has 102 valence electrons. The minimum atomic E-state index is -0.273. The Morgan fingerprint density at radius 1 is 1.44 bits per heavy atom. The molecule has 0 amide bonds. The van der Waals surface area contributed by atoms with Crippen molar-refractivity contribution >= 4 is 11.6 Å². The molecule has 2 unspecified atom stereocenters. The Balaban J connectivity index is 2.93. The van der Waals surface area contributed by atoms with Crippen molar-refractivity contribution in [3.05, 3.63) is 34.6 Å². The average molecular weight is 273 g/mol. The number of nitrogens with two attached hydrogens (primary N) is 1. The Morgan fingerprint density at radius 3 is 2.56 bits per heavy atom. The third kappa shape index (κ3) is 3.22. The number of hydrogen-bond donors (Lipinski definition) is 1. The molecule has 0 aliphatic heterocycles. The van der Waals surface area contributed by atoms with Crippen molar-refractivity contribution in [1.82, 2.24) is 4.90 Å². The molecule has 0 saturated heterocycles. The molecule has 0 aliphatic rings. The summed E-state index contributed by atoms with van der Waals surface area (Å²) in [5.41, 5.74) is 6.93. The van der Waals surface area contributed by atoms with E-state index in [9.17, 15) is 4.39 Å². The van der Waals surface area contributed by atoms with Crippen LogP contribution in [0, 0.1) is 5.82 Å². The summed E-state index contributed by atoms with van der Waals surface area (Å²) in [7, 11) is 4.02. The maximum absolute atomic E-state index is 13.2. The van der Waals surface area contributed by atoms with Gasteiger partial charge in [0.2, 0.25) is 0 Å². The van der Waals surface area contributed by atoms with Gasteiger partial charge in [-0.1, -0.05) is 18.5 Å². The second-order valence-electron chi connectivity index (χ2n) is 5.15. The molecule has 0 spiro atoms. The van der Waals surface area contributed by atoms with Crippen molar-refractivity contribution in [2.45, 2.75) is 38.3 Å². The fourth-order valence-electron chi connectivity index (χ4n) is 2.07. The first kappa shape index (κ1) is 15.4. The minimum Gasteiger partial charge on any atom is -0.326 e. The predicted molar refractivity (Wildman–Crippen MR) is 75.5 cm³/mol. The number of likely N-dealkylation sites (N-methyl/N-ethyl adjacent to an activating group) is 1. The van der Waals surface area contributed by atoms with Crippen LogP contribution in [0.1, 0.15) is 25.8 Å². The van der Waals surface area contributed by atoms with E-state index in [-0.39, 0.29) is 17.4 Å². The van der Waals surface area contributed by atoms with Gasteiger partial charge in [0.05, 0.1) is 0 Å². The summed E-state index contributed by atoms with van der Waals surface area (Å²) in [5.74, 6) is -0.273. The SMILES string of the molecule is CCC(C)(C(N)Cc1cc(F)ccc1Cl)N(C)C. The lowest BCUT2D eigenvalue weighted by Crippen LogP contribution is -2.55. The zero-order valence-corrected chi connectivity index (χ0v) is 12.3. The number of halogens is 2. The van der Waals surface area contributed by atoms with Crippen LogP contribution in [0.25, 0.3) is 0 Å². The second kappa shape index (κ2) is 6.00. The zero-order chi connectivity index (χ0) is 13.9. The first-order valence-electron chi connectivity index (χ1n) is 6.18. The quantitative estimate of drug-likeness (QED) is 0.893. The molecule has 0 aromatic heterocycles. The molecule has 4 heteroatoms. The summed E-state index contributed by atoms with van der Waals surface area (Å²) in [5, 5.41) is 0.573. The van der Waals surface area contributed by atoms with E-state index in [0.29, 0.717) is 11.4 Å². The third-order valence-electron chi connectivity index (χ3n) is 3.98. The average Bonchev–Trinajstić information content (AvgIpc) is 2.32. The van der Waals surface area contributed by atoms with Crippen molar-refractivity contribution < 1.29 is 4.39 Å². The molecule has 18 heavy (non-hydrogen) atoms. The van der Waals surface area contributed by atoms with Gasteiger partial charge in [-0.15, -0.1) is 0 Å². The molecule has 0 aliphatic carbocycles. The minimum absolute atomic E-state index is 0.100. The molecule has 0 saturated carbocycles. The third-order valence-corrected chi connectivity index (χ3v) is 4.35. The first-order valence-corrected chi connectivity index (χ1v) is 6.56. The largest absolute Gasteiger partial charge is 0.326 e. The van der Waals surface area contributed by atoms with Crippen LogP contribution in [0.15, 0.2) is 18.2 Å². The number of rotatable bonds is 5. The van der Waals surface area contributed by atoms with E-state index < -0.39 is 0 Å². The lowest BCUT2D eigenvalue weighted by atomic mass is 9.85. The number of nitrogens with zero attached hydrogens (tertiary/aromatic N) is 1. The van der Waals surface area contributed by atoms with Gasteiger partial charge in [0.1, 0.15) is 5.82 Å². The lowest BCUT2D eigenvalue weighted by molar-refractivity contribution is 0.131. The molecule has 1 aromatic carbocycles. The first-order chi connectivity index (χ1) is 8.31. The van der Waals surface area contributed by atoms with Gasteiger partial charge in [0, 0.05) is 16.6 Å². The van der Waals surface area contributed by atoms with Crippen molar-refractivity contribution in [1.29, 1.82) is 0 Å². The van der Waals surface area contributed by atoms with Gasteiger partial charge in [-0.3, -0.25) is 0 Å². The summed E-state index contributed by atoms with van der Waals surface area (Å²) >= 11 is 6.08. The highest BCUT2D eigenvalue weighted by molar-refractivity contribution is 6.31. The monoisotopic (exact) mass is 272 g/mol. The van der Waals surface area contributed by atoms with Crippen molar-refractivity contribution in [3.63, 3.8) is 0 Å². The Kier molecular flexibility index (Phi) is 5.14. The Labute approximate surface area is 114 Å². The van der Waals surface area contributed by atoms with Crippen molar-refractivity contribution in [2.75, 3.05) is 14.1 Å². The molecule has 0 bridgehead atoms. The molecule has 1 aromatic rings. The van der Waals surface area contributed by atoms with Crippen LogP contribution in [-0.4, -0.2) is 30.6 Å². The van der Waals surface area contributed by atoms with E-state index in [1.54, 1.807) is 6.07 Å². The van der Waals surface area contributed by atoms with Crippen LogP contribution in [0.4, 0.5) is 4.39 Å². The standard InChI is InChI=1S/C14H22ClFN2/c1-5-14(2,18(3)4)13(17)9-10-8-11(16)6-7-12(10)15/h6-8,13H,5,9,17H2,1-4H3. The Hall–Kier alpha value is -0.640. The molecule has 2 nitrogen and oxygen atoms in total. The van der Waals surface area contributed by atoms with Gasteiger partial charge in [-0.25, -0.2) is 4.39 Å². The van der Waals surface area contributed by atoms with E-state index in [0.717, 1.165) is 12.0 Å². The summed E-state index contributed by atoms with van der Waals surface area (Å²) in [4.78, 5) is 2.12. The number of hydrogen-bond acceptors (Lipinski definition) is 2. The molecule has 0 fully saturated rings. The zero-order valence-electron chi connectivity index (χ0n) is 11.5. The van der Waals surface area contributed by atoms with Crippen molar-refractivity contribution in [3.8, 4) is 0 Å². The molecular weight excluding hydrogens is 251 g/mol. The molecule has 0 heterocycles. The Bertz CT molecular complexity index is 409. The van der Waals surface area contributed by atoms with Gasteiger partial charge in [-0.2, -0.15) is 0 Å². The lowest BCUT2D eigenvalue weighted by Gasteiger charge is -2.41. The normalized spacial score (nSPS) is 16.7. The molecule has 2 N–H and O–H groups in total. The number of benzene rings is 1. The molecular formula is C14H22ClFN2. The van der Waals surface area contributed by atoms with Gasteiger partial charge < -0.3 is 10.6 Å². The summed E-state index contributed by atoms with van der Waals surface area (Å²) < 4.78 is 13.2. The van der Waals surface area contributed by atoms with Gasteiger partial charge in [0.25, 0.3) is 0 Å². The van der Waals surface area contributed by atoms with Crippen LogP contribution in [0.3, 0.4) is 0 Å². The fraction of sp³-hybridized carbons (Fsp3) is 0.571. The summed E-state index contributed by atoms with van der Waals surface area (Å²) in [6, 6.07) is 4.31. The van der Waals surface area contributed by atoms with Gasteiger partial charge >= 0.3 is 0 Å². The highest BCUT2D eigenvalue weighted by Crippen LogP contribution is 2.25. The van der Waals surface area contributed by atoms with E-state index in [2.05, 4.69) is 18.7 Å². The molecule has 0 radical (unpaired) electrons. The predicted octanol–water partition coefficient (Wildman–Crippen LogP) is 3.08. The van der Waals surface area contributed by atoms with Crippen LogP contribution >= 0.6 is 11.6 Å². The van der Waals surface area contributed by atoms with Gasteiger partial charge in [0.15, 0.2) is 0 Å². The smallest absolute Gasteiger partial charge is 0.123 e. The van der Waals surface area contributed by atoms with Gasteiger partial charge in [-0.05, 0) is 57.6 Å². The molecule has 1 rings (SSSR count). The maximum atomic E-state index is 13.2. The molecule has 2 atom stereocenters. The Morgan fingerprint density at radius 2 is 2.06 bits per heavy atom.